The van der Waals surface area contributed by atoms with Gasteiger partial charge in [-0.3, -0.25) is 14.4 Å². The van der Waals surface area contributed by atoms with Gasteiger partial charge in [-0.1, -0.05) is 12.1 Å². The van der Waals surface area contributed by atoms with Crippen molar-refractivity contribution in [1.82, 2.24) is 10.0 Å². The number of benzene rings is 1. The van der Waals surface area contributed by atoms with E-state index >= 15 is 0 Å². The minimum Gasteiger partial charge on any atom is -0.481 e. The molecule has 1 N–H and O–H groups in total. The lowest BCUT2D eigenvalue weighted by molar-refractivity contribution is -0.0756. The van der Waals surface area contributed by atoms with Gasteiger partial charge in [-0.05, 0) is 18.2 Å². The smallest absolute Gasteiger partial charge is 0.279 e. The van der Waals surface area contributed by atoms with E-state index in [9.17, 15) is 9.59 Å². The van der Waals surface area contributed by atoms with Crippen LogP contribution < -0.4 is 10.1 Å². The average Bonchev–Trinajstić information content (AvgIpc) is 2.60. The number of hydrogen-bond donors (Lipinski definition) is 1. The lowest BCUT2D eigenvalue weighted by Crippen LogP contribution is -2.27. The number of para-hydroxylation sites is 1. The Hall–Kier alpha value is -2.93. The summed E-state index contributed by atoms with van der Waals surface area (Å²) in [7, 11) is 4.38. The van der Waals surface area contributed by atoms with Gasteiger partial charge in [0, 0.05) is 19.3 Å². The van der Waals surface area contributed by atoms with Crippen LogP contribution in [0.4, 0.5) is 5.69 Å². The number of rotatable bonds is 5. The highest BCUT2D eigenvalue weighted by molar-refractivity contribution is 6.08. The van der Waals surface area contributed by atoms with Gasteiger partial charge in [0.25, 0.3) is 11.8 Å². The topological polar surface area (TPSA) is 80.8 Å². The lowest BCUT2D eigenvalue weighted by atomic mass is 10.1. The van der Waals surface area contributed by atoms with Crippen LogP contribution in [0.3, 0.4) is 0 Å². The van der Waals surface area contributed by atoms with Crippen LogP contribution in [-0.2, 0) is 4.84 Å². The number of pyridine rings is 1. The summed E-state index contributed by atoms with van der Waals surface area (Å²) in [5.41, 5.74) is 1.07. The fraction of sp³-hybridized carbons (Fsp3) is 0.188. The van der Waals surface area contributed by atoms with Crippen molar-refractivity contribution in [3.8, 4) is 5.88 Å². The van der Waals surface area contributed by atoms with E-state index in [2.05, 4.69) is 10.3 Å². The number of methoxy groups -OCH3 is 1. The van der Waals surface area contributed by atoms with Crippen molar-refractivity contribution in [1.29, 1.82) is 0 Å². The number of nitrogens with one attached hydrogen (secondary N) is 1. The monoisotopic (exact) mass is 315 g/mol. The van der Waals surface area contributed by atoms with Gasteiger partial charge >= 0.3 is 0 Å². The fourth-order valence-electron chi connectivity index (χ4n) is 1.86. The summed E-state index contributed by atoms with van der Waals surface area (Å²) in [5.74, 6) is -0.324. The Balaban J connectivity index is 2.22. The van der Waals surface area contributed by atoms with E-state index in [1.165, 1.54) is 27.5 Å². The van der Waals surface area contributed by atoms with Crippen LogP contribution in [0, 0.1) is 0 Å². The molecule has 0 spiro atoms. The molecule has 0 atom stereocenters. The van der Waals surface area contributed by atoms with Crippen molar-refractivity contribution in [2.75, 3.05) is 26.6 Å². The molecule has 1 aromatic carbocycles. The third-order valence-electron chi connectivity index (χ3n) is 3.17. The van der Waals surface area contributed by atoms with Gasteiger partial charge in [0.05, 0.1) is 31.0 Å². The Bertz CT molecular complexity index is 701. The number of aromatic nitrogens is 1. The van der Waals surface area contributed by atoms with E-state index in [1.54, 1.807) is 36.4 Å². The zero-order valence-corrected chi connectivity index (χ0v) is 13.1. The molecule has 0 saturated heterocycles. The maximum atomic E-state index is 12.3. The molecule has 7 nitrogen and oxygen atoms in total. The summed E-state index contributed by atoms with van der Waals surface area (Å²) in [6, 6.07) is 9.87. The molecule has 0 saturated carbocycles. The first kappa shape index (κ1) is 16.4. The number of carbonyl (C=O) groups is 2. The normalized spacial score (nSPS) is 10.0. The molecule has 0 radical (unpaired) electrons. The second kappa shape index (κ2) is 7.37. The van der Waals surface area contributed by atoms with Crippen molar-refractivity contribution < 1.29 is 19.2 Å². The van der Waals surface area contributed by atoms with Gasteiger partial charge in [0.1, 0.15) is 0 Å². The highest BCUT2D eigenvalue weighted by Gasteiger charge is 2.17. The van der Waals surface area contributed by atoms with E-state index in [0.29, 0.717) is 22.7 Å². The number of amides is 2. The average molecular weight is 315 g/mol. The largest absolute Gasteiger partial charge is 0.481 e. The number of anilines is 1. The Labute approximate surface area is 133 Å². The van der Waals surface area contributed by atoms with E-state index < -0.39 is 0 Å². The minimum atomic E-state index is -0.375. The summed E-state index contributed by atoms with van der Waals surface area (Å²) in [6.07, 6.45) is 1.40. The van der Waals surface area contributed by atoms with E-state index in [4.69, 9.17) is 9.57 Å². The highest BCUT2D eigenvalue weighted by Crippen LogP contribution is 2.18. The summed E-state index contributed by atoms with van der Waals surface area (Å²) in [4.78, 5) is 33.4. The Morgan fingerprint density at radius 1 is 1.13 bits per heavy atom. The predicted molar refractivity (Wildman–Crippen MR) is 84.3 cm³/mol. The minimum absolute atomic E-state index is 0.326. The number of ether oxygens (including phenoxy) is 1. The number of nitrogens with zero attached hydrogens (tertiary/aromatic N) is 2. The van der Waals surface area contributed by atoms with Gasteiger partial charge in [-0.15, -0.1) is 0 Å². The molecule has 2 amide bonds. The van der Waals surface area contributed by atoms with Gasteiger partial charge in [0.2, 0.25) is 5.88 Å². The molecule has 0 bridgehead atoms. The van der Waals surface area contributed by atoms with E-state index in [0.717, 1.165) is 5.06 Å². The Morgan fingerprint density at radius 2 is 1.87 bits per heavy atom. The van der Waals surface area contributed by atoms with Gasteiger partial charge in [-0.25, -0.2) is 10.0 Å². The molecule has 7 heteroatoms. The highest BCUT2D eigenvalue weighted by atomic mass is 16.7. The first-order valence-corrected chi connectivity index (χ1v) is 6.79. The van der Waals surface area contributed by atoms with Gasteiger partial charge in [0.15, 0.2) is 0 Å². The summed E-state index contributed by atoms with van der Waals surface area (Å²) in [5, 5.41) is 3.78. The van der Waals surface area contributed by atoms with Crippen LogP contribution in [0.25, 0.3) is 0 Å². The molecule has 1 aromatic heterocycles. The third kappa shape index (κ3) is 3.83. The maximum Gasteiger partial charge on any atom is 0.279 e. The number of hydrogen-bond acceptors (Lipinski definition) is 5. The standard InChI is InChI=1S/C16H17N3O4/c1-19(23-3)16(21)12-6-4-5-7-13(12)18-15(20)11-8-9-14(22-2)17-10-11/h4-10H,1-3H3,(H,18,20). The van der Waals surface area contributed by atoms with Crippen LogP contribution in [0.5, 0.6) is 5.88 Å². The molecule has 2 aromatic rings. The zero-order chi connectivity index (χ0) is 16.8. The van der Waals surface area contributed by atoms with E-state index in [1.807, 2.05) is 0 Å². The van der Waals surface area contributed by atoms with Gasteiger partial charge < -0.3 is 10.1 Å². The number of hydroxylamine groups is 2. The molecule has 0 aliphatic carbocycles. The molecular weight excluding hydrogens is 298 g/mol. The SMILES string of the molecule is COc1ccc(C(=O)Nc2ccccc2C(=O)N(C)OC)cn1. The fourth-order valence-corrected chi connectivity index (χ4v) is 1.86. The van der Waals surface area contributed by atoms with Crippen LogP contribution in [0.2, 0.25) is 0 Å². The van der Waals surface area contributed by atoms with Crippen molar-refractivity contribution in [2.45, 2.75) is 0 Å². The van der Waals surface area contributed by atoms with Crippen molar-refractivity contribution in [3.05, 3.63) is 53.7 Å². The molecule has 0 aliphatic rings. The summed E-state index contributed by atoms with van der Waals surface area (Å²) >= 11 is 0. The van der Waals surface area contributed by atoms with Crippen LogP contribution in [0.1, 0.15) is 20.7 Å². The van der Waals surface area contributed by atoms with Crippen LogP contribution >= 0.6 is 0 Å². The van der Waals surface area contributed by atoms with Crippen molar-refractivity contribution in [3.63, 3.8) is 0 Å². The molecule has 2 rings (SSSR count). The second-order valence-corrected chi connectivity index (χ2v) is 4.57. The first-order valence-electron chi connectivity index (χ1n) is 6.79. The first-order chi connectivity index (χ1) is 11.1. The van der Waals surface area contributed by atoms with Crippen LogP contribution in [-0.4, -0.2) is 43.1 Å². The predicted octanol–water partition coefficient (Wildman–Crippen LogP) is 1.98. The second-order valence-electron chi connectivity index (χ2n) is 4.57. The molecule has 23 heavy (non-hydrogen) atoms. The molecule has 1 heterocycles. The van der Waals surface area contributed by atoms with E-state index in [-0.39, 0.29) is 11.8 Å². The third-order valence-corrected chi connectivity index (χ3v) is 3.17. The maximum absolute atomic E-state index is 12.3. The Kier molecular flexibility index (Phi) is 5.27. The van der Waals surface area contributed by atoms with Crippen molar-refractivity contribution in [2.24, 2.45) is 0 Å². The van der Waals surface area contributed by atoms with Crippen LogP contribution in [0.15, 0.2) is 42.6 Å². The Morgan fingerprint density at radius 3 is 2.48 bits per heavy atom. The zero-order valence-electron chi connectivity index (χ0n) is 13.1. The molecule has 0 unspecified atom stereocenters. The summed E-state index contributed by atoms with van der Waals surface area (Å²) < 4.78 is 4.95. The van der Waals surface area contributed by atoms with Crippen molar-refractivity contribution >= 4 is 17.5 Å². The molecule has 120 valence electrons. The lowest BCUT2D eigenvalue weighted by Gasteiger charge is -2.16. The quantitative estimate of drug-likeness (QED) is 0.853. The molecule has 0 aliphatic heterocycles. The summed E-state index contributed by atoms with van der Waals surface area (Å²) in [6.45, 7) is 0. The molecular formula is C16H17N3O4. The van der Waals surface area contributed by atoms with Gasteiger partial charge in [-0.2, -0.15) is 0 Å². The number of carbonyl (C=O) groups excluding carboxylic acids is 2. The molecule has 0 fully saturated rings.